The van der Waals surface area contributed by atoms with Crippen LogP contribution < -0.4 is 20.9 Å². The van der Waals surface area contributed by atoms with Gasteiger partial charge in [-0.2, -0.15) is 0 Å². The third kappa shape index (κ3) is 5.89. The molecule has 4 rings (SSSR count). The molecule has 6 nitrogen and oxygen atoms in total. The molecular weight excluding hydrogens is 484 g/mol. The van der Waals surface area contributed by atoms with Crippen LogP contribution in [0, 0.1) is 0 Å². The van der Waals surface area contributed by atoms with Crippen molar-refractivity contribution in [2.45, 2.75) is 49.3 Å². The zero-order valence-electron chi connectivity index (χ0n) is 21.4. The number of hydrogen-bond acceptors (Lipinski definition) is 6. The highest BCUT2D eigenvalue weighted by Gasteiger charge is 2.23. The van der Waals surface area contributed by atoms with Crippen molar-refractivity contribution in [2.75, 3.05) is 11.5 Å². The van der Waals surface area contributed by atoms with E-state index in [4.69, 9.17) is 20.9 Å². The molecule has 0 unspecified atom stereocenters. The summed E-state index contributed by atoms with van der Waals surface area (Å²) >= 11 is 0. The Morgan fingerprint density at radius 2 is 0.919 bits per heavy atom. The summed E-state index contributed by atoms with van der Waals surface area (Å²) in [6.45, 7) is 8.01. The first-order chi connectivity index (χ1) is 17.5. The Morgan fingerprint density at radius 1 is 0.568 bits per heavy atom. The molecule has 0 radical (unpaired) electrons. The molecule has 4 aromatic carbocycles. The third-order valence-corrected chi connectivity index (χ3v) is 7.79. The van der Waals surface area contributed by atoms with Gasteiger partial charge in [-0.3, -0.25) is 0 Å². The monoisotopic (exact) mass is 516 g/mol. The third-order valence-electron chi connectivity index (χ3n) is 6.04. The van der Waals surface area contributed by atoms with Crippen LogP contribution in [0.3, 0.4) is 0 Å². The van der Waals surface area contributed by atoms with Crippen molar-refractivity contribution in [3.8, 4) is 23.0 Å². The Bertz CT molecular complexity index is 1390. The number of nitrogens with two attached hydrogens (primary N) is 2. The number of anilines is 2. The lowest BCUT2D eigenvalue weighted by atomic mass is 10.0. The first kappa shape index (κ1) is 26.1. The van der Waals surface area contributed by atoms with Gasteiger partial charge in [-0.05, 0) is 108 Å². The van der Waals surface area contributed by atoms with Crippen molar-refractivity contribution in [2.24, 2.45) is 0 Å². The number of benzene rings is 4. The van der Waals surface area contributed by atoms with Crippen LogP contribution in [0.4, 0.5) is 11.4 Å². The lowest BCUT2D eigenvalue weighted by Crippen LogP contribution is -2.06. The van der Waals surface area contributed by atoms with Crippen molar-refractivity contribution in [1.29, 1.82) is 0 Å². The molecule has 0 aliphatic carbocycles. The van der Waals surface area contributed by atoms with Gasteiger partial charge in [0.1, 0.15) is 23.0 Å². The van der Waals surface area contributed by atoms with Gasteiger partial charge in [-0.15, -0.1) is 0 Å². The van der Waals surface area contributed by atoms with E-state index >= 15 is 0 Å². The van der Waals surface area contributed by atoms with Gasteiger partial charge < -0.3 is 20.9 Å². The molecule has 4 N–H and O–H groups in total. The quantitative estimate of drug-likeness (QED) is 0.235. The second-order valence-corrected chi connectivity index (χ2v) is 11.5. The number of rotatable bonds is 8. The Hall–Kier alpha value is -3.97. The molecule has 0 aromatic heterocycles. The predicted octanol–water partition coefficient (Wildman–Crippen LogP) is 7.52. The second-order valence-electron chi connectivity index (χ2n) is 9.55. The van der Waals surface area contributed by atoms with Crippen LogP contribution >= 0.6 is 0 Å². The highest BCUT2D eigenvalue weighted by molar-refractivity contribution is 7.91. The van der Waals surface area contributed by atoms with Gasteiger partial charge in [0.2, 0.25) is 9.84 Å². The molecule has 0 spiro atoms. The fraction of sp³-hybridized carbons (Fsp3) is 0.200. The summed E-state index contributed by atoms with van der Waals surface area (Å²) in [5.74, 6) is 2.55. The lowest BCUT2D eigenvalue weighted by Gasteiger charge is -2.18. The summed E-state index contributed by atoms with van der Waals surface area (Å²) in [7, 11) is -3.79. The highest BCUT2D eigenvalue weighted by Crippen LogP contribution is 2.37. The van der Waals surface area contributed by atoms with Gasteiger partial charge in [-0.25, -0.2) is 8.42 Å². The van der Waals surface area contributed by atoms with E-state index in [2.05, 4.69) is 0 Å². The summed E-state index contributed by atoms with van der Waals surface area (Å²) in [5, 5.41) is 0. The van der Waals surface area contributed by atoms with Crippen LogP contribution in [0.25, 0.3) is 0 Å². The molecule has 4 aromatic rings. The van der Waals surface area contributed by atoms with Gasteiger partial charge in [0, 0.05) is 11.4 Å². The van der Waals surface area contributed by atoms with E-state index in [9.17, 15) is 8.42 Å². The molecule has 192 valence electrons. The van der Waals surface area contributed by atoms with E-state index in [1.165, 1.54) is 0 Å². The first-order valence-electron chi connectivity index (χ1n) is 12.1. The van der Waals surface area contributed by atoms with E-state index in [-0.39, 0.29) is 21.6 Å². The SMILES string of the molecule is CC(C)c1cc(S(=O)(=O)c2ccc(Oc3ccc(N)cc3)c(C(C)C)c2)ccc1Oc1ccc(N)cc1. The Morgan fingerprint density at radius 3 is 1.24 bits per heavy atom. The minimum atomic E-state index is -3.79. The van der Waals surface area contributed by atoms with E-state index in [0.29, 0.717) is 34.4 Å². The van der Waals surface area contributed by atoms with Gasteiger partial charge in [0.05, 0.1) is 9.79 Å². The standard InChI is InChI=1S/C30H32N2O4S/c1-19(2)27-17-25(13-15-29(27)35-23-9-5-21(31)6-10-23)37(33,34)26-14-16-30(28(18-26)20(3)4)36-24-11-7-22(32)8-12-24/h5-20H,31-32H2,1-4H3. The molecule has 0 saturated carbocycles. The Labute approximate surface area is 218 Å². The lowest BCUT2D eigenvalue weighted by molar-refractivity contribution is 0.472. The van der Waals surface area contributed by atoms with Crippen molar-refractivity contribution in [3.63, 3.8) is 0 Å². The van der Waals surface area contributed by atoms with Crippen molar-refractivity contribution in [1.82, 2.24) is 0 Å². The largest absolute Gasteiger partial charge is 0.457 e. The van der Waals surface area contributed by atoms with Crippen LogP contribution in [-0.2, 0) is 9.84 Å². The fourth-order valence-corrected chi connectivity index (χ4v) is 5.27. The topological polar surface area (TPSA) is 105 Å². The fourth-order valence-electron chi connectivity index (χ4n) is 3.94. The van der Waals surface area contributed by atoms with Crippen molar-refractivity contribution in [3.05, 3.63) is 96.1 Å². The average Bonchev–Trinajstić information content (AvgIpc) is 2.86. The maximum absolute atomic E-state index is 13.7. The van der Waals surface area contributed by atoms with Gasteiger partial charge >= 0.3 is 0 Å². The molecule has 0 aliphatic rings. The Kier molecular flexibility index (Phi) is 7.45. The highest BCUT2D eigenvalue weighted by atomic mass is 32.2. The number of nitrogen functional groups attached to an aromatic ring is 2. The molecule has 0 bridgehead atoms. The van der Waals surface area contributed by atoms with Crippen molar-refractivity contribution >= 4 is 21.2 Å². The van der Waals surface area contributed by atoms with Gasteiger partial charge in [0.25, 0.3) is 0 Å². The van der Waals surface area contributed by atoms with Crippen LogP contribution in [0.1, 0.15) is 50.7 Å². The molecule has 37 heavy (non-hydrogen) atoms. The Balaban J connectivity index is 1.68. The molecule has 7 heteroatoms. The van der Waals surface area contributed by atoms with Crippen LogP contribution in [0.5, 0.6) is 23.0 Å². The summed E-state index contributed by atoms with van der Waals surface area (Å²) in [6.07, 6.45) is 0. The molecule has 0 heterocycles. The van der Waals surface area contributed by atoms with Gasteiger partial charge in [0.15, 0.2) is 0 Å². The van der Waals surface area contributed by atoms with E-state index < -0.39 is 9.84 Å². The minimum Gasteiger partial charge on any atom is -0.457 e. The zero-order valence-corrected chi connectivity index (χ0v) is 22.3. The summed E-state index contributed by atoms with van der Waals surface area (Å²) in [5.41, 5.74) is 14.4. The first-order valence-corrected chi connectivity index (χ1v) is 13.6. The summed E-state index contributed by atoms with van der Waals surface area (Å²) in [6, 6.07) is 24.2. The zero-order chi connectivity index (χ0) is 26.7. The van der Waals surface area contributed by atoms with Crippen LogP contribution in [0.15, 0.2) is 94.7 Å². The number of sulfone groups is 1. The van der Waals surface area contributed by atoms with E-state index in [1.807, 2.05) is 27.7 Å². The van der Waals surface area contributed by atoms with E-state index in [1.54, 1.807) is 84.9 Å². The van der Waals surface area contributed by atoms with Crippen LogP contribution in [0.2, 0.25) is 0 Å². The average molecular weight is 517 g/mol. The maximum atomic E-state index is 13.7. The normalized spacial score (nSPS) is 11.6. The molecule has 0 fully saturated rings. The number of ether oxygens (including phenoxy) is 2. The molecule has 0 saturated heterocycles. The number of hydrogen-bond donors (Lipinski definition) is 2. The van der Waals surface area contributed by atoms with Crippen LogP contribution in [-0.4, -0.2) is 8.42 Å². The summed E-state index contributed by atoms with van der Waals surface area (Å²) < 4.78 is 39.5. The molecule has 0 aliphatic heterocycles. The molecule has 0 amide bonds. The van der Waals surface area contributed by atoms with Crippen molar-refractivity contribution < 1.29 is 17.9 Å². The van der Waals surface area contributed by atoms with E-state index in [0.717, 1.165) is 11.1 Å². The molecular formula is C30H32N2O4S. The smallest absolute Gasteiger partial charge is 0.206 e. The molecule has 0 atom stereocenters. The minimum absolute atomic E-state index is 0.0424. The maximum Gasteiger partial charge on any atom is 0.206 e. The summed E-state index contributed by atoms with van der Waals surface area (Å²) in [4.78, 5) is 0.422. The second kappa shape index (κ2) is 10.6. The van der Waals surface area contributed by atoms with Gasteiger partial charge in [-0.1, -0.05) is 27.7 Å². The predicted molar refractivity (Wildman–Crippen MR) is 148 cm³/mol.